The van der Waals surface area contributed by atoms with Crippen LogP contribution in [0, 0.1) is 12.8 Å². The smallest absolute Gasteiger partial charge is 0.191 e. The van der Waals surface area contributed by atoms with Gasteiger partial charge in [-0.2, -0.15) is 11.8 Å². The van der Waals surface area contributed by atoms with E-state index in [9.17, 15) is 0 Å². The first-order valence-electron chi connectivity index (χ1n) is 8.07. The highest BCUT2D eigenvalue weighted by Crippen LogP contribution is 2.31. The van der Waals surface area contributed by atoms with Gasteiger partial charge in [0.25, 0.3) is 0 Å². The average molecular weight is 319 g/mol. The predicted molar refractivity (Wildman–Crippen MR) is 93.6 cm³/mol. The van der Waals surface area contributed by atoms with Crippen molar-refractivity contribution in [1.82, 2.24) is 4.90 Å². The van der Waals surface area contributed by atoms with Crippen LogP contribution in [0.1, 0.15) is 24.0 Å². The second-order valence-electron chi connectivity index (χ2n) is 6.14. The molecule has 2 aliphatic rings. The van der Waals surface area contributed by atoms with E-state index in [1.54, 1.807) is 0 Å². The molecule has 0 amide bonds. The molecule has 1 aliphatic heterocycles. The fourth-order valence-electron chi connectivity index (χ4n) is 2.48. The van der Waals surface area contributed by atoms with Crippen LogP contribution in [0.3, 0.4) is 0 Å². The third kappa shape index (κ3) is 4.32. The molecule has 0 aromatic heterocycles. The van der Waals surface area contributed by atoms with Crippen LogP contribution in [0.4, 0.5) is 0 Å². The fourth-order valence-corrected chi connectivity index (χ4v) is 3.38. The van der Waals surface area contributed by atoms with Gasteiger partial charge in [0.05, 0.1) is 13.2 Å². The largest absolute Gasteiger partial charge is 0.493 e. The van der Waals surface area contributed by atoms with E-state index in [1.807, 2.05) is 11.8 Å². The summed E-state index contributed by atoms with van der Waals surface area (Å²) in [5.41, 5.74) is 8.48. The predicted octanol–water partition coefficient (Wildman–Crippen LogP) is 2.65. The summed E-state index contributed by atoms with van der Waals surface area (Å²) < 4.78 is 5.99. The van der Waals surface area contributed by atoms with Gasteiger partial charge in [-0.1, -0.05) is 12.1 Å². The first-order valence-corrected chi connectivity index (χ1v) is 9.23. The zero-order valence-corrected chi connectivity index (χ0v) is 14.1. The molecule has 0 spiro atoms. The molecule has 2 fully saturated rings. The van der Waals surface area contributed by atoms with Gasteiger partial charge in [0.15, 0.2) is 5.96 Å². The van der Waals surface area contributed by atoms with Crippen LogP contribution in [-0.2, 0) is 6.54 Å². The Kier molecular flexibility index (Phi) is 5.13. The number of aryl methyl sites for hydroxylation is 1. The van der Waals surface area contributed by atoms with Crippen molar-refractivity contribution in [2.75, 3.05) is 31.2 Å². The van der Waals surface area contributed by atoms with E-state index in [-0.39, 0.29) is 0 Å². The minimum atomic E-state index is 0.593. The number of guanidine groups is 1. The number of hydrogen-bond acceptors (Lipinski definition) is 3. The number of rotatable bonds is 5. The van der Waals surface area contributed by atoms with Gasteiger partial charge < -0.3 is 15.4 Å². The van der Waals surface area contributed by atoms with Gasteiger partial charge in [-0.3, -0.25) is 0 Å². The monoisotopic (exact) mass is 319 g/mol. The molecule has 1 aliphatic carbocycles. The summed E-state index contributed by atoms with van der Waals surface area (Å²) in [5.74, 6) is 4.66. The lowest BCUT2D eigenvalue weighted by Crippen LogP contribution is -2.42. The van der Waals surface area contributed by atoms with Gasteiger partial charge in [-0.25, -0.2) is 4.99 Å². The number of ether oxygens (including phenoxy) is 1. The molecule has 1 aromatic carbocycles. The van der Waals surface area contributed by atoms with E-state index >= 15 is 0 Å². The first-order chi connectivity index (χ1) is 10.7. The van der Waals surface area contributed by atoms with Gasteiger partial charge in [-0.15, -0.1) is 0 Å². The molecule has 5 heteroatoms. The lowest BCUT2D eigenvalue weighted by Gasteiger charge is -2.27. The average Bonchev–Trinajstić information content (AvgIpc) is 3.37. The Labute approximate surface area is 137 Å². The summed E-state index contributed by atoms with van der Waals surface area (Å²) in [5, 5.41) is 0. The van der Waals surface area contributed by atoms with E-state index in [0.29, 0.717) is 12.5 Å². The molecule has 3 rings (SSSR count). The lowest BCUT2D eigenvalue weighted by molar-refractivity contribution is 0.296. The van der Waals surface area contributed by atoms with Crippen molar-refractivity contribution >= 4 is 17.7 Å². The molecule has 4 nitrogen and oxygen atoms in total. The zero-order chi connectivity index (χ0) is 15.4. The summed E-state index contributed by atoms with van der Waals surface area (Å²) in [6, 6.07) is 6.34. The Morgan fingerprint density at radius 3 is 2.86 bits per heavy atom. The normalized spacial score (nSPS) is 19.3. The minimum absolute atomic E-state index is 0.593. The van der Waals surface area contributed by atoms with Gasteiger partial charge in [-0.05, 0) is 37.3 Å². The number of aliphatic imine (C=N–C) groups is 1. The molecular weight excluding hydrogens is 294 g/mol. The molecule has 0 bridgehead atoms. The second-order valence-corrected chi connectivity index (χ2v) is 7.36. The van der Waals surface area contributed by atoms with Gasteiger partial charge >= 0.3 is 0 Å². The van der Waals surface area contributed by atoms with Crippen LogP contribution in [0.25, 0.3) is 0 Å². The topological polar surface area (TPSA) is 50.8 Å². The van der Waals surface area contributed by atoms with Crippen LogP contribution in [0.15, 0.2) is 23.2 Å². The summed E-state index contributed by atoms with van der Waals surface area (Å²) in [4.78, 5) is 6.76. The minimum Gasteiger partial charge on any atom is -0.493 e. The summed E-state index contributed by atoms with van der Waals surface area (Å²) in [6.45, 7) is 5.52. The van der Waals surface area contributed by atoms with Crippen LogP contribution < -0.4 is 10.5 Å². The molecule has 1 heterocycles. The quantitative estimate of drug-likeness (QED) is 0.669. The van der Waals surface area contributed by atoms with E-state index in [1.165, 1.54) is 18.4 Å². The highest BCUT2D eigenvalue weighted by molar-refractivity contribution is 7.99. The summed E-state index contributed by atoms with van der Waals surface area (Å²) in [7, 11) is 0. The van der Waals surface area contributed by atoms with E-state index in [0.717, 1.165) is 48.4 Å². The Balaban J connectivity index is 1.64. The zero-order valence-electron chi connectivity index (χ0n) is 13.3. The molecule has 120 valence electrons. The standard InChI is InChI=1S/C17H25N3OS/c1-13-2-5-15(16(10-13)21-12-14-3-4-14)11-19-17(18)20-6-8-22-9-7-20/h2,5,10,14H,3-4,6-9,11-12H2,1H3,(H2,18,19). The Bertz CT molecular complexity index is 537. The third-order valence-corrected chi connectivity index (χ3v) is 5.08. The van der Waals surface area contributed by atoms with Crippen LogP contribution >= 0.6 is 11.8 Å². The van der Waals surface area contributed by atoms with Crippen molar-refractivity contribution in [3.05, 3.63) is 29.3 Å². The Morgan fingerprint density at radius 2 is 2.14 bits per heavy atom. The Hall–Kier alpha value is -1.36. The molecule has 1 aromatic rings. The molecule has 0 radical (unpaired) electrons. The Morgan fingerprint density at radius 1 is 1.36 bits per heavy atom. The van der Waals surface area contributed by atoms with Crippen LogP contribution in [-0.4, -0.2) is 42.1 Å². The molecule has 1 saturated carbocycles. The van der Waals surface area contributed by atoms with Crippen molar-refractivity contribution in [3.8, 4) is 5.75 Å². The van der Waals surface area contributed by atoms with Gasteiger partial charge in [0.2, 0.25) is 0 Å². The van der Waals surface area contributed by atoms with Crippen molar-refractivity contribution in [2.24, 2.45) is 16.6 Å². The first kappa shape index (κ1) is 15.5. The summed E-state index contributed by atoms with van der Waals surface area (Å²) >= 11 is 1.98. The van der Waals surface area contributed by atoms with Crippen LogP contribution in [0.2, 0.25) is 0 Å². The molecule has 2 N–H and O–H groups in total. The number of thioether (sulfide) groups is 1. The van der Waals surface area contributed by atoms with E-state index < -0.39 is 0 Å². The summed E-state index contributed by atoms with van der Waals surface area (Å²) in [6.07, 6.45) is 2.61. The maximum Gasteiger partial charge on any atom is 0.191 e. The maximum absolute atomic E-state index is 6.13. The van der Waals surface area contributed by atoms with Crippen LogP contribution in [0.5, 0.6) is 5.75 Å². The van der Waals surface area contributed by atoms with Crippen molar-refractivity contribution < 1.29 is 4.74 Å². The third-order valence-electron chi connectivity index (χ3n) is 4.14. The van der Waals surface area contributed by atoms with Crippen molar-refractivity contribution in [3.63, 3.8) is 0 Å². The fraction of sp³-hybridized carbons (Fsp3) is 0.588. The number of hydrogen-bond donors (Lipinski definition) is 1. The second kappa shape index (κ2) is 7.27. The lowest BCUT2D eigenvalue weighted by atomic mass is 10.1. The maximum atomic E-state index is 6.13. The van der Waals surface area contributed by atoms with E-state index in [2.05, 4.69) is 35.0 Å². The highest BCUT2D eigenvalue weighted by Gasteiger charge is 2.22. The van der Waals surface area contributed by atoms with E-state index in [4.69, 9.17) is 10.5 Å². The number of nitrogens with zero attached hydrogens (tertiary/aromatic N) is 2. The SMILES string of the molecule is Cc1ccc(CN=C(N)N2CCSCC2)c(OCC2CC2)c1. The number of benzene rings is 1. The van der Waals surface area contributed by atoms with Gasteiger partial charge in [0, 0.05) is 30.2 Å². The molecule has 1 saturated heterocycles. The molecule has 0 unspecified atom stereocenters. The van der Waals surface area contributed by atoms with Crippen molar-refractivity contribution in [2.45, 2.75) is 26.3 Å². The number of nitrogens with two attached hydrogens (primary N) is 1. The van der Waals surface area contributed by atoms with Gasteiger partial charge in [0.1, 0.15) is 5.75 Å². The molecule has 22 heavy (non-hydrogen) atoms. The highest BCUT2D eigenvalue weighted by atomic mass is 32.2. The van der Waals surface area contributed by atoms with Crippen molar-refractivity contribution in [1.29, 1.82) is 0 Å². The molecule has 0 atom stereocenters. The molecular formula is C17H25N3OS.